The summed E-state index contributed by atoms with van der Waals surface area (Å²) in [6.07, 6.45) is -0.750. The van der Waals surface area contributed by atoms with Crippen LogP contribution in [0.2, 0.25) is 0 Å². The minimum atomic E-state index is -0.750. The minimum Gasteiger partial charge on any atom is -0.385 e. The number of nitrogens with zero attached hydrogens (tertiary/aromatic N) is 2. The number of aliphatic hydroxyl groups excluding tert-OH is 1. The van der Waals surface area contributed by atoms with Gasteiger partial charge in [0.2, 0.25) is 5.91 Å². The van der Waals surface area contributed by atoms with E-state index in [1.807, 2.05) is 49.4 Å². The van der Waals surface area contributed by atoms with E-state index in [0.29, 0.717) is 5.82 Å². The number of hydrogen-bond donors (Lipinski definition) is 2. The summed E-state index contributed by atoms with van der Waals surface area (Å²) in [6, 6.07) is 13.2. The number of imidazole rings is 1. The summed E-state index contributed by atoms with van der Waals surface area (Å²) in [6.45, 7) is 3.68. The van der Waals surface area contributed by atoms with Crippen LogP contribution in [-0.2, 0) is 11.3 Å². The average Bonchev–Trinajstić information content (AvgIpc) is 2.89. The molecule has 0 aliphatic carbocycles. The summed E-state index contributed by atoms with van der Waals surface area (Å²) in [5.74, 6) is 0.323. The van der Waals surface area contributed by atoms with Crippen LogP contribution in [0.3, 0.4) is 0 Å². The number of halogens is 1. The molecule has 6 heteroatoms. The molecule has 0 fully saturated rings. The number of carbonyl (C=O) groups excluding carboxylic acids is 1. The summed E-state index contributed by atoms with van der Waals surface area (Å²) in [7, 11) is 0. The van der Waals surface area contributed by atoms with Crippen molar-refractivity contribution in [3.8, 4) is 0 Å². The fourth-order valence-electron chi connectivity index (χ4n) is 2.68. The smallest absolute Gasteiger partial charge is 0.244 e. The lowest BCUT2D eigenvalue weighted by Crippen LogP contribution is -2.21. The molecule has 0 radical (unpaired) electrons. The molecular weight excluding hydrogens is 370 g/mol. The third-order valence-corrected chi connectivity index (χ3v) is 4.32. The Kier molecular flexibility index (Phi) is 4.69. The van der Waals surface area contributed by atoms with Crippen LogP contribution in [0.25, 0.3) is 11.0 Å². The van der Waals surface area contributed by atoms with Gasteiger partial charge in [-0.25, -0.2) is 4.98 Å². The zero-order chi connectivity index (χ0) is 17.3. The zero-order valence-corrected chi connectivity index (χ0v) is 15.0. The van der Waals surface area contributed by atoms with Gasteiger partial charge in [0.15, 0.2) is 0 Å². The molecule has 1 amide bonds. The number of benzene rings is 2. The Hall–Kier alpha value is -2.18. The quantitative estimate of drug-likeness (QED) is 0.715. The predicted molar refractivity (Wildman–Crippen MR) is 97.9 cm³/mol. The van der Waals surface area contributed by atoms with Crippen molar-refractivity contribution < 1.29 is 9.90 Å². The number of hydrogen-bond acceptors (Lipinski definition) is 3. The molecule has 1 heterocycles. The molecule has 0 bridgehead atoms. The van der Waals surface area contributed by atoms with Crippen molar-refractivity contribution in [2.24, 2.45) is 0 Å². The van der Waals surface area contributed by atoms with E-state index in [4.69, 9.17) is 0 Å². The largest absolute Gasteiger partial charge is 0.385 e. The molecule has 124 valence electrons. The second kappa shape index (κ2) is 6.75. The summed E-state index contributed by atoms with van der Waals surface area (Å²) in [5, 5.41) is 12.9. The molecule has 1 aromatic heterocycles. The van der Waals surface area contributed by atoms with Gasteiger partial charge >= 0.3 is 0 Å². The highest BCUT2D eigenvalue weighted by atomic mass is 79.9. The van der Waals surface area contributed by atoms with Crippen molar-refractivity contribution in [1.82, 2.24) is 9.55 Å². The van der Waals surface area contributed by atoms with Crippen molar-refractivity contribution in [3.63, 3.8) is 0 Å². The Morgan fingerprint density at radius 1 is 1.33 bits per heavy atom. The molecule has 0 aliphatic rings. The normalized spacial score (nSPS) is 12.3. The van der Waals surface area contributed by atoms with E-state index in [2.05, 4.69) is 26.2 Å². The SMILES string of the molecule is Cc1cc(Br)ccc1NC(=O)Cn1c(C(C)O)nc2ccccc21. The standard InChI is InChI=1S/C18H18BrN3O2/c1-11-9-13(19)7-8-14(11)20-17(24)10-22-16-6-4-3-5-15(16)21-18(22)12(2)23/h3-9,12,23H,10H2,1-2H3,(H,20,24). The number of para-hydroxylation sites is 2. The second-order valence-electron chi connectivity index (χ2n) is 5.73. The van der Waals surface area contributed by atoms with Crippen LogP contribution in [-0.4, -0.2) is 20.6 Å². The van der Waals surface area contributed by atoms with Crippen LogP contribution >= 0.6 is 15.9 Å². The number of carbonyl (C=O) groups is 1. The Morgan fingerprint density at radius 3 is 2.79 bits per heavy atom. The Labute approximate surface area is 148 Å². The van der Waals surface area contributed by atoms with Gasteiger partial charge in [-0.15, -0.1) is 0 Å². The number of aromatic nitrogens is 2. The highest BCUT2D eigenvalue weighted by molar-refractivity contribution is 9.10. The van der Waals surface area contributed by atoms with Crippen molar-refractivity contribution in [2.75, 3.05) is 5.32 Å². The first-order valence-electron chi connectivity index (χ1n) is 7.65. The summed E-state index contributed by atoms with van der Waals surface area (Å²) < 4.78 is 2.72. The van der Waals surface area contributed by atoms with Crippen LogP contribution < -0.4 is 5.32 Å². The molecule has 1 unspecified atom stereocenters. The molecule has 0 saturated carbocycles. The first-order chi connectivity index (χ1) is 11.5. The average molecular weight is 388 g/mol. The minimum absolute atomic E-state index is 0.0935. The molecule has 0 saturated heterocycles. The molecule has 3 aromatic rings. The number of aliphatic hydroxyl groups is 1. The van der Waals surface area contributed by atoms with Crippen LogP contribution in [0.15, 0.2) is 46.9 Å². The molecule has 2 N–H and O–H groups in total. The van der Waals surface area contributed by atoms with Crippen LogP contribution in [0.1, 0.15) is 24.4 Å². The Morgan fingerprint density at radius 2 is 2.08 bits per heavy atom. The van der Waals surface area contributed by atoms with Crippen molar-refractivity contribution in [2.45, 2.75) is 26.5 Å². The summed E-state index contributed by atoms with van der Waals surface area (Å²) >= 11 is 3.41. The lowest BCUT2D eigenvalue weighted by Gasteiger charge is -2.12. The van der Waals surface area contributed by atoms with Gasteiger partial charge in [-0.05, 0) is 49.7 Å². The molecule has 2 aromatic carbocycles. The molecule has 5 nitrogen and oxygen atoms in total. The third kappa shape index (κ3) is 3.34. The molecule has 3 rings (SSSR count). The van der Waals surface area contributed by atoms with E-state index in [9.17, 15) is 9.90 Å². The van der Waals surface area contributed by atoms with E-state index >= 15 is 0 Å². The number of aryl methyl sites for hydroxylation is 1. The van der Waals surface area contributed by atoms with Crippen LogP contribution in [0.4, 0.5) is 5.69 Å². The first-order valence-corrected chi connectivity index (χ1v) is 8.44. The van der Waals surface area contributed by atoms with Crippen molar-refractivity contribution in [3.05, 3.63) is 58.3 Å². The predicted octanol–water partition coefficient (Wildman–Crippen LogP) is 3.80. The molecule has 24 heavy (non-hydrogen) atoms. The number of nitrogens with one attached hydrogen (secondary N) is 1. The van der Waals surface area contributed by atoms with E-state index in [0.717, 1.165) is 26.8 Å². The van der Waals surface area contributed by atoms with E-state index in [-0.39, 0.29) is 12.5 Å². The maximum atomic E-state index is 12.5. The molecule has 0 spiro atoms. The fraction of sp³-hybridized carbons (Fsp3) is 0.222. The number of fused-ring (bicyclic) bond motifs is 1. The molecule has 0 aliphatic heterocycles. The number of anilines is 1. The second-order valence-corrected chi connectivity index (χ2v) is 6.64. The monoisotopic (exact) mass is 387 g/mol. The van der Waals surface area contributed by atoms with Crippen molar-refractivity contribution >= 4 is 38.6 Å². The number of amides is 1. The lowest BCUT2D eigenvalue weighted by atomic mass is 10.2. The summed E-state index contributed by atoms with van der Waals surface area (Å²) in [4.78, 5) is 16.9. The fourth-order valence-corrected chi connectivity index (χ4v) is 3.16. The van der Waals surface area contributed by atoms with Gasteiger partial charge in [0, 0.05) is 10.2 Å². The van der Waals surface area contributed by atoms with Crippen LogP contribution in [0, 0.1) is 6.92 Å². The maximum absolute atomic E-state index is 12.5. The third-order valence-electron chi connectivity index (χ3n) is 3.82. The Balaban J connectivity index is 1.89. The highest BCUT2D eigenvalue weighted by Gasteiger charge is 2.17. The van der Waals surface area contributed by atoms with Gasteiger partial charge in [0.05, 0.1) is 11.0 Å². The van der Waals surface area contributed by atoms with Gasteiger partial charge in [0.25, 0.3) is 0 Å². The number of rotatable bonds is 4. The maximum Gasteiger partial charge on any atom is 0.244 e. The summed E-state index contributed by atoms with van der Waals surface area (Å²) in [5.41, 5.74) is 3.34. The lowest BCUT2D eigenvalue weighted by molar-refractivity contribution is -0.116. The zero-order valence-electron chi connectivity index (χ0n) is 13.5. The van der Waals surface area contributed by atoms with Gasteiger partial charge in [-0.3, -0.25) is 4.79 Å². The van der Waals surface area contributed by atoms with Gasteiger partial charge < -0.3 is 15.0 Å². The van der Waals surface area contributed by atoms with E-state index in [1.165, 1.54) is 0 Å². The van der Waals surface area contributed by atoms with Crippen molar-refractivity contribution in [1.29, 1.82) is 0 Å². The molecular formula is C18H18BrN3O2. The van der Waals surface area contributed by atoms with Gasteiger partial charge in [-0.1, -0.05) is 28.1 Å². The Bertz CT molecular complexity index is 902. The van der Waals surface area contributed by atoms with Gasteiger partial charge in [-0.2, -0.15) is 0 Å². The highest BCUT2D eigenvalue weighted by Crippen LogP contribution is 2.22. The van der Waals surface area contributed by atoms with Gasteiger partial charge in [0.1, 0.15) is 18.5 Å². The van der Waals surface area contributed by atoms with Crippen LogP contribution in [0.5, 0.6) is 0 Å². The first kappa shape index (κ1) is 16.7. The molecule has 1 atom stereocenters. The topological polar surface area (TPSA) is 67.2 Å². The van der Waals surface area contributed by atoms with E-state index in [1.54, 1.807) is 11.5 Å². The van der Waals surface area contributed by atoms with E-state index < -0.39 is 6.10 Å².